The number of aliphatic hydroxyl groups is 1. The number of rotatable bonds is 3. The van der Waals surface area contributed by atoms with E-state index in [2.05, 4.69) is 6.07 Å². The minimum Gasteiger partial charge on any atom is -0.464 e. The van der Waals surface area contributed by atoms with Crippen molar-refractivity contribution in [3.8, 4) is 0 Å². The van der Waals surface area contributed by atoms with Crippen LogP contribution in [0.3, 0.4) is 0 Å². The zero-order valence-electron chi connectivity index (χ0n) is 11.0. The Hall–Kier alpha value is -1.35. The maximum absolute atomic E-state index is 11.9. The van der Waals surface area contributed by atoms with Gasteiger partial charge in [0.2, 0.25) is 0 Å². The summed E-state index contributed by atoms with van der Waals surface area (Å²) < 4.78 is 4.99. The van der Waals surface area contributed by atoms with Crippen molar-refractivity contribution in [3.63, 3.8) is 0 Å². The lowest BCUT2D eigenvalue weighted by atomic mass is 9.74. The number of hydrogen-bond donors (Lipinski definition) is 1. The Kier molecular flexibility index (Phi) is 3.71. The number of hydrogen-bond acceptors (Lipinski definition) is 3. The van der Waals surface area contributed by atoms with Crippen molar-refractivity contribution in [2.24, 2.45) is 0 Å². The first-order chi connectivity index (χ1) is 8.57. The largest absolute Gasteiger partial charge is 0.464 e. The van der Waals surface area contributed by atoms with Gasteiger partial charge in [-0.2, -0.15) is 0 Å². The minimum atomic E-state index is -1.44. The smallest absolute Gasteiger partial charge is 0.338 e. The van der Waals surface area contributed by atoms with Gasteiger partial charge in [0.15, 0.2) is 5.60 Å². The molecule has 98 valence electrons. The van der Waals surface area contributed by atoms with Crippen molar-refractivity contribution in [2.75, 3.05) is 6.61 Å². The summed E-state index contributed by atoms with van der Waals surface area (Å²) in [6, 6.07) is 8.04. The van der Waals surface area contributed by atoms with E-state index >= 15 is 0 Å². The van der Waals surface area contributed by atoms with Gasteiger partial charge in [0, 0.05) is 5.92 Å². The first kappa shape index (κ1) is 13.1. The highest BCUT2D eigenvalue weighted by molar-refractivity contribution is 5.80. The summed E-state index contributed by atoms with van der Waals surface area (Å²) in [5.74, 6) is -0.687. The van der Waals surface area contributed by atoms with E-state index in [1.54, 1.807) is 13.8 Å². The van der Waals surface area contributed by atoms with Crippen LogP contribution in [0.2, 0.25) is 0 Å². The van der Waals surface area contributed by atoms with E-state index in [4.69, 9.17) is 4.74 Å². The maximum Gasteiger partial charge on any atom is 0.338 e. The van der Waals surface area contributed by atoms with Crippen molar-refractivity contribution < 1.29 is 14.6 Å². The van der Waals surface area contributed by atoms with Crippen molar-refractivity contribution in [1.82, 2.24) is 0 Å². The van der Waals surface area contributed by atoms with E-state index in [9.17, 15) is 9.90 Å². The fourth-order valence-electron chi connectivity index (χ4n) is 2.76. The summed E-state index contributed by atoms with van der Waals surface area (Å²) in [4.78, 5) is 11.9. The number of benzene rings is 1. The molecule has 1 N–H and O–H groups in total. The Morgan fingerprint density at radius 2 is 2.22 bits per heavy atom. The minimum absolute atomic E-state index is 0.165. The van der Waals surface area contributed by atoms with Crippen LogP contribution >= 0.6 is 0 Å². The third-order valence-corrected chi connectivity index (χ3v) is 3.74. The highest BCUT2D eigenvalue weighted by atomic mass is 16.5. The molecule has 3 nitrogen and oxygen atoms in total. The summed E-state index contributed by atoms with van der Waals surface area (Å²) in [6.07, 6.45) is 2.84. The van der Waals surface area contributed by atoms with Crippen LogP contribution < -0.4 is 0 Å². The lowest BCUT2D eigenvalue weighted by Crippen LogP contribution is -2.44. The van der Waals surface area contributed by atoms with Gasteiger partial charge in [0.1, 0.15) is 0 Å². The van der Waals surface area contributed by atoms with Gasteiger partial charge in [0.25, 0.3) is 0 Å². The van der Waals surface area contributed by atoms with Crippen molar-refractivity contribution in [2.45, 2.75) is 44.6 Å². The van der Waals surface area contributed by atoms with Gasteiger partial charge in [-0.15, -0.1) is 0 Å². The quantitative estimate of drug-likeness (QED) is 0.836. The predicted octanol–water partition coefficient (Wildman–Crippen LogP) is 2.42. The molecule has 0 aliphatic heterocycles. The summed E-state index contributed by atoms with van der Waals surface area (Å²) in [6.45, 7) is 3.61. The van der Waals surface area contributed by atoms with E-state index < -0.39 is 11.6 Å². The third-order valence-electron chi connectivity index (χ3n) is 3.74. The molecule has 0 bridgehead atoms. The van der Waals surface area contributed by atoms with E-state index in [1.807, 2.05) is 18.2 Å². The predicted molar refractivity (Wildman–Crippen MR) is 69.4 cm³/mol. The molecule has 2 atom stereocenters. The second-order valence-electron chi connectivity index (χ2n) is 5.01. The average Bonchev–Trinajstić information content (AvgIpc) is 2.38. The zero-order chi connectivity index (χ0) is 13.2. The van der Waals surface area contributed by atoms with Gasteiger partial charge in [-0.25, -0.2) is 4.79 Å². The van der Waals surface area contributed by atoms with Gasteiger partial charge < -0.3 is 9.84 Å². The summed E-state index contributed by atoms with van der Waals surface area (Å²) in [5.41, 5.74) is 0.882. The fraction of sp³-hybridized carbons (Fsp3) is 0.533. The van der Waals surface area contributed by atoms with Crippen molar-refractivity contribution >= 4 is 5.97 Å². The number of carbonyl (C=O) groups excluding carboxylic acids is 1. The molecule has 18 heavy (non-hydrogen) atoms. The molecule has 1 aromatic rings. The van der Waals surface area contributed by atoms with Gasteiger partial charge in [-0.3, -0.25) is 0 Å². The second kappa shape index (κ2) is 5.11. The molecule has 0 radical (unpaired) electrons. The molecule has 1 aromatic carbocycles. The molecule has 0 spiro atoms. The van der Waals surface area contributed by atoms with Crippen LogP contribution in [0.5, 0.6) is 0 Å². The van der Waals surface area contributed by atoms with Crippen molar-refractivity contribution in [3.05, 3.63) is 35.4 Å². The van der Waals surface area contributed by atoms with Gasteiger partial charge >= 0.3 is 5.97 Å². The molecule has 0 aromatic heterocycles. The highest BCUT2D eigenvalue weighted by Gasteiger charge is 2.43. The van der Waals surface area contributed by atoms with Gasteiger partial charge in [-0.05, 0) is 44.2 Å². The normalized spacial score (nSPS) is 21.8. The molecule has 2 rings (SSSR count). The van der Waals surface area contributed by atoms with Crippen LogP contribution in [0.4, 0.5) is 0 Å². The molecular weight excluding hydrogens is 228 g/mol. The monoisotopic (exact) mass is 248 g/mol. The number of carbonyl (C=O) groups is 1. The third kappa shape index (κ3) is 2.27. The average molecular weight is 248 g/mol. The molecule has 0 saturated carbocycles. The standard InChI is InChI=1S/C15H20O3/c1-3-18-14(16)15(2,17)13-10-6-8-11-7-4-5-9-12(11)13/h4-5,7,9,13,17H,3,6,8,10H2,1-2H3. The lowest BCUT2D eigenvalue weighted by molar-refractivity contribution is -0.166. The van der Waals surface area contributed by atoms with Crippen molar-refractivity contribution in [1.29, 1.82) is 0 Å². The van der Waals surface area contributed by atoms with E-state index in [1.165, 1.54) is 5.56 Å². The first-order valence-corrected chi connectivity index (χ1v) is 6.54. The molecule has 0 amide bonds. The van der Waals surface area contributed by atoms with E-state index in [-0.39, 0.29) is 5.92 Å². The number of esters is 1. The number of ether oxygens (including phenoxy) is 1. The molecule has 2 unspecified atom stereocenters. The van der Waals surface area contributed by atoms with Crippen LogP contribution in [-0.2, 0) is 16.0 Å². The molecular formula is C15H20O3. The SMILES string of the molecule is CCOC(=O)C(C)(O)C1CCCc2ccccc21. The molecule has 3 heteroatoms. The zero-order valence-corrected chi connectivity index (χ0v) is 11.0. The Labute approximate surface area is 108 Å². The summed E-state index contributed by atoms with van der Waals surface area (Å²) in [5, 5.41) is 10.5. The summed E-state index contributed by atoms with van der Waals surface area (Å²) >= 11 is 0. The Morgan fingerprint density at radius 3 is 2.94 bits per heavy atom. The molecule has 1 aliphatic carbocycles. The lowest BCUT2D eigenvalue weighted by Gasteiger charge is -2.35. The maximum atomic E-state index is 11.9. The van der Waals surface area contributed by atoms with Gasteiger partial charge in [-0.1, -0.05) is 24.3 Å². The first-order valence-electron chi connectivity index (χ1n) is 6.54. The Morgan fingerprint density at radius 1 is 1.50 bits per heavy atom. The molecule has 1 aliphatic rings. The Balaban J connectivity index is 2.32. The summed E-state index contributed by atoms with van der Waals surface area (Å²) in [7, 11) is 0. The number of aryl methyl sites for hydroxylation is 1. The fourth-order valence-corrected chi connectivity index (χ4v) is 2.76. The van der Waals surface area contributed by atoms with Crippen LogP contribution in [0.1, 0.15) is 43.7 Å². The highest BCUT2D eigenvalue weighted by Crippen LogP contribution is 2.39. The second-order valence-corrected chi connectivity index (χ2v) is 5.01. The van der Waals surface area contributed by atoms with Crippen LogP contribution in [0.15, 0.2) is 24.3 Å². The van der Waals surface area contributed by atoms with Crippen LogP contribution in [0.25, 0.3) is 0 Å². The van der Waals surface area contributed by atoms with E-state index in [0.29, 0.717) is 6.61 Å². The Bertz CT molecular complexity index is 437. The number of fused-ring (bicyclic) bond motifs is 1. The van der Waals surface area contributed by atoms with Crippen LogP contribution in [-0.4, -0.2) is 23.3 Å². The molecule has 0 saturated heterocycles. The van der Waals surface area contributed by atoms with E-state index in [0.717, 1.165) is 24.8 Å². The molecule has 0 fully saturated rings. The van der Waals surface area contributed by atoms with Gasteiger partial charge in [0.05, 0.1) is 6.61 Å². The molecule has 0 heterocycles. The topological polar surface area (TPSA) is 46.5 Å². The van der Waals surface area contributed by atoms with Crippen LogP contribution in [0, 0.1) is 0 Å².